The van der Waals surface area contributed by atoms with Gasteiger partial charge in [0.2, 0.25) is 0 Å². The molecule has 0 aliphatic heterocycles. The normalized spacial score (nSPS) is 11.4. The maximum atomic E-state index is 13.3. The van der Waals surface area contributed by atoms with Crippen molar-refractivity contribution in [3.63, 3.8) is 0 Å². The van der Waals surface area contributed by atoms with Crippen LogP contribution in [0.25, 0.3) is 0 Å². The van der Waals surface area contributed by atoms with Crippen LogP contribution >= 0.6 is 0 Å². The van der Waals surface area contributed by atoms with Crippen molar-refractivity contribution in [2.75, 3.05) is 12.3 Å². The monoisotopic (exact) mass is 281 g/mol. The maximum Gasteiger partial charge on any atom is 0.389 e. The summed E-state index contributed by atoms with van der Waals surface area (Å²) >= 11 is 0. The molecule has 106 valence electrons. The highest BCUT2D eigenvalue weighted by Crippen LogP contribution is 2.26. The first-order chi connectivity index (χ1) is 8.70. The fourth-order valence-electron chi connectivity index (χ4n) is 1.32. The van der Waals surface area contributed by atoms with E-state index in [4.69, 9.17) is 15.6 Å². The van der Waals surface area contributed by atoms with Gasteiger partial charge in [-0.2, -0.15) is 13.2 Å². The number of hydrogen-bond donors (Lipinski definition) is 2. The third-order valence-corrected chi connectivity index (χ3v) is 2.19. The lowest BCUT2D eigenvalue weighted by atomic mass is 10.2. The van der Waals surface area contributed by atoms with Crippen LogP contribution < -0.4 is 10.5 Å². The molecule has 0 saturated heterocycles. The number of carboxylic acid groups (broad SMARTS) is 1. The second kappa shape index (κ2) is 5.77. The zero-order valence-corrected chi connectivity index (χ0v) is 9.63. The zero-order chi connectivity index (χ0) is 14.6. The third-order valence-electron chi connectivity index (χ3n) is 2.19. The zero-order valence-electron chi connectivity index (χ0n) is 9.63. The largest absolute Gasteiger partial charge is 0.491 e. The molecular weight excluding hydrogens is 270 g/mol. The molecule has 0 radical (unpaired) electrons. The van der Waals surface area contributed by atoms with Gasteiger partial charge in [0.15, 0.2) is 0 Å². The van der Waals surface area contributed by atoms with Crippen LogP contribution in [-0.2, 0) is 0 Å². The number of nitrogens with two attached hydrogens (primary N) is 1. The van der Waals surface area contributed by atoms with E-state index in [0.29, 0.717) is 0 Å². The molecule has 0 unspecified atom stereocenters. The SMILES string of the molecule is Nc1cc(C(=O)O)c(F)cc1OCCCC(F)(F)F. The van der Waals surface area contributed by atoms with Crippen molar-refractivity contribution in [2.24, 2.45) is 0 Å². The highest BCUT2D eigenvalue weighted by Gasteiger charge is 2.26. The Morgan fingerprint density at radius 2 is 2.00 bits per heavy atom. The summed E-state index contributed by atoms with van der Waals surface area (Å²) in [6.07, 6.45) is -5.61. The van der Waals surface area contributed by atoms with Crippen LogP contribution in [0, 0.1) is 5.82 Å². The van der Waals surface area contributed by atoms with Gasteiger partial charge in [-0.25, -0.2) is 9.18 Å². The van der Waals surface area contributed by atoms with E-state index in [1.807, 2.05) is 0 Å². The molecule has 0 fully saturated rings. The number of anilines is 1. The predicted octanol–water partition coefficient (Wildman–Crippen LogP) is 2.83. The number of benzene rings is 1. The van der Waals surface area contributed by atoms with Crippen LogP contribution in [0.15, 0.2) is 12.1 Å². The molecule has 4 nitrogen and oxygen atoms in total. The van der Waals surface area contributed by atoms with Gasteiger partial charge >= 0.3 is 12.1 Å². The Morgan fingerprint density at radius 3 is 2.53 bits per heavy atom. The fourth-order valence-corrected chi connectivity index (χ4v) is 1.32. The van der Waals surface area contributed by atoms with Crippen molar-refractivity contribution < 1.29 is 32.2 Å². The van der Waals surface area contributed by atoms with Crippen molar-refractivity contribution in [3.05, 3.63) is 23.5 Å². The Bertz CT molecular complexity index is 474. The molecule has 0 aliphatic rings. The summed E-state index contributed by atoms with van der Waals surface area (Å²) in [6.45, 7) is -0.296. The van der Waals surface area contributed by atoms with Crippen molar-refractivity contribution in [1.29, 1.82) is 0 Å². The standard InChI is InChI=1S/C11H11F4NO3/c12-7-5-9(8(16)4-6(7)10(17)18)19-3-1-2-11(13,14)15/h4-5H,1-3,16H2,(H,17,18). The highest BCUT2D eigenvalue weighted by atomic mass is 19.4. The number of aromatic carboxylic acids is 1. The number of ether oxygens (including phenoxy) is 1. The number of rotatable bonds is 5. The summed E-state index contributed by atoms with van der Waals surface area (Å²) in [6, 6.07) is 1.60. The molecule has 1 aromatic rings. The Hall–Kier alpha value is -1.99. The predicted molar refractivity (Wildman–Crippen MR) is 58.6 cm³/mol. The van der Waals surface area contributed by atoms with Gasteiger partial charge in [0.1, 0.15) is 11.6 Å². The van der Waals surface area contributed by atoms with Crippen LogP contribution in [0.1, 0.15) is 23.2 Å². The Morgan fingerprint density at radius 1 is 1.37 bits per heavy atom. The quantitative estimate of drug-likeness (QED) is 0.494. The average molecular weight is 281 g/mol. The molecule has 0 aromatic heterocycles. The molecule has 19 heavy (non-hydrogen) atoms. The number of alkyl halides is 3. The van der Waals surface area contributed by atoms with Crippen LogP contribution in [0.3, 0.4) is 0 Å². The molecule has 0 saturated carbocycles. The van der Waals surface area contributed by atoms with Gasteiger partial charge in [-0.1, -0.05) is 0 Å². The van der Waals surface area contributed by atoms with E-state index < -0.39 is 29.9 Å². The summed E-state index contributed by atoms with van der Waals surface area (Å²) in [5, 5.41) is 8.62. The van der Waals surface area contributed by atoms with E-state index in [9.17, 15) is 22.4 Å². The fraction of sp³-hybridized carbons (Fsp3) is 0.364. The molecular formula is C11H11F4NO3. The second-order valence-electron chi connectivity index (χ2n) is 3.74. The molecule has 0 bridgehead atoms. The van der Waals surface area contributed by atoms with Crippen LogP contribution in [0.5, 0.6) is 5.75 Å². The summed E-state index contributed by atoms with van der Waals surface area (Å²) in [5.41, 5.74) is 4.65. The van der Waals surface area contributed by atoms with Crippen LogP contribution in [0.2, 0.25) is 0 Å². The lowest BCUT2D eigenvalue weighted by Crippen LogP contribution is -2.10. The Labute approximate surface area is 105 Å². The lowest BCUT2D eigenvalue weighted by molar-refractivity contribution is -0.136. The van der Waals surface area contributed by atoms with E-state index in [1.54, 1.807) is 0 Å². The van der Waals surface area contributed by atoms with Gasteiger partial charge < -0.3 is 15.6 Å². The summed E-state index contributed by atoms with van der Waals surface area (Å²) in [4.78, 5) is 10.6. The Kier molecular flexibility index (Phi) is 4.57. The van der Waals surface area contributed by atoms with E-state index in [1.165, 1.54) is 0 Å². The molecule has 1 aromatic carbocycles. The number of hydrogen-bond acceptors (Lipinski definition) is 3. The number of carbonyl (C=O) groups is 1. The van der Waals surface area contributed by atoms with E-state index in [2.05, 4.69) is 0 Å². The number of nitrogen functional groups attached to an aromatic ring is 1. The first-order valence-electron chi connectivity index (χ1n) is 5.22. The molecule has 0 aliphatic carbocycles. The Balaban J connectivity index is 2.65. The molecule has 8 heteroatoms. The smallest absolute Gasteiger partial charge is 0.389 e. The lowest BCUT2D eigenvalue weighted by Gasteiger charge is -2.11. The van der Waals surface area contributed by atoms with E-state index in [-0.39, 0.29) is 24.5 Å². The summed E-state index contributed by atoms with van der Waals surface area (Å²) < 4.78 is 53.8. The van der Waals surface area contributed by atoms with Crippen LogP contribution in [-0.4, -0.2) is 23.9 Å². The van der Waals surface area contributed by atoms with Gasteiger partial charge in [0.25, 0.3) is 0 Å². The second-order valence-corrected chi connectivity index (χ2v) is 3.74. The molecule has 1 rings (SSSR count). The van der Waals surface area contributed by atoms with Crippen molar-refractivity contribution in [2.45, 2.75) is 19.0 Å². The van der Waals surface area contributed by atoms with Crippen molar-refractivity contribution in [3.8, 4) is 5.75 Å². The van der Waals surface area contributed by atoms with Gasteiger partial charge in [0.05, 0.1) is 17.9 Å². The third kappa shape index (κ3) is 4.65. The minimum Gasteiger partial charge on any atom is -0.491 e. The number of halogens is 4. The molecule has 0 heterocycles. The highest BCUT2D eigenvalue weighted by molar-refractivity contribution is 5.89. The van der Waals surface area contributed by atoms with Gasteiger partial charge in [-0.15, -0.1) is 0 Å². The van der Waals surface area contributed by atoms with Gasteiger partial charge in [0, 0.05) is 12.5 Å². The topological polar surface area (TPSA) is 72.6 Å². The van der Waals surface area contributed by atoms with E-state index in [0.717, 1.165) is 12.1 Å². The van der Waals surface area contributed by atoms with Crippen molar-refractivity contribution in [1.82, 2.24) is 0 Å². The molecule has 0 atom stereocenters. The first kappa shape index (κ1) is 15.1. The maximum absolute atomic E-state index is 13.3. The van der Waals surface area contributed by atoms with Crippen molar-refractivity contribution >= 4 is 11.7 Å². The average Bonchev–Trinajstić information content (AvgIpc) is 2.26. The summed E-state index contributed by atoms with van der Waals surface area (Å²) in [5.74, 6) is -2.73. The minimum atomic E-state index is -4.28. The van der Waals surface area contributed by atoms with Crippen LogP contribution in [0.4, 0.5) is 23.2 Å². The van der Waals surface area contributed by atoms with Gasteiger partial charge in [-0.05, 0) is 12.5 Å². The van der Waals surface area contributed by atoms with Gasteiger partial charge in [-0.3, -0.25) is 0 Å². The summed E-state index contributed by atoms with van der Waals surface area (Å²) in [7, 11) is 0. The molecule has 0 amide bonds. The first-order valence-corrected chi connectivity index (χ1v) is 5.22. The molecule has 0 spiro atoms. The van der Waals surface area contributed by atoms with E-state index >= 15 is 0 Å². The minimum absolute atomic E-state index is 0.147. The number of carboxylic acids is 1. The molecule has 3 N–H and O–H groups in total.